The minimum atomic E-state index is -0.123. The summed E-state index contributed by atoms with van der Waals surface area (Å²) in [4.78, 5) is 33.3. The molecule has 1 aliphatic heterocycles. The maximum Gasteiger partial charge on any atom is 0.310 e. The van der Waals surface area contributed by atoms with Crippen molar-refractivity contribution in [3.63, 3.8) is 0 Å². The number of aromatic amines is 1. The third-order valence-corrected chi connectivity index (χ3v) is 4.77. The smallest absolute Gasteiger partial charge is 0.310 e. The van der Waals surface area contributed by atoms with Crippen LogP contribution in [0.2, 0.25) is 0 Å². The molecule has 7 heteroatoms. The Morgan fingerprint density at radius 3 is 3.27 bits per heavy atom. The Balaban J connectivity index is 1.71. The van der Waals surface area contributed by atoms with E-state index in [4.69, 9.17) is 4.74 Å². The summed E-state index contributed by atoms with van der Waals surface area (Å²) < 4.78 is 5.77. The van der Waals surface area contributed by atoms with Crippen LogP contribution in [0, 0.1) is 5.92 Å². The molecular weight excluding hydrogens is 302 g/mol. The highest BCUT2D eigenvalue weighted by Crippen LogP contribution is 2.20. The number of thiophene rings is 1. The quantitative estimate of drug-likeness (QED) is 0.869. The molecule has 0 spiro atoms. The number of piperidine rings is 1. The number of aromatic nitrogens is 2. The van der Waals surface area contributed by atoms with E-state index in [1.54, 1.807) is 0 Å². The number of likely N-dealkylation sites (tertiary alicyclic amines) is 1. The predicted octanol–water partition coefficient (Wildman–Crippen LogP) is 1.76. The lowest BCUT2D eigenvalue weighted by molar-refractivity contribution is -0.150. The SMILES string of the molecule is CCOC(=O)[C@H]1CCCN(Cc2nc3ccsc3c(=O)[nH]2)C1. The van der Waals surface area contributed by atoms with Crippen LogP contribution in [0.4, 0.5) is 0 Å². The molecule has 3 rings (SSSR count). The second-order valence-electron chi connectivity index (χ2n) is 5.47. The Hall–Kier alpha value is -1.73. The molecule has 1 saturated heterocycles. The van der Waals surface area contributed by atoms with Gasteiger partial charge in [-0.25, -0.2) is 4.98 Å². The highest BCUT2D eigenvalue weighted by molar-refractivity contribution is 7.17. The molecule has 1 aliphatic rings. The van der Waals surface area contributed by atoms with E-state index >= 15 is 0 Å². The number of rotatable bonds is 4. The molecule has 118 valence electrons. The van der Waals surface area contributed by atoms with Gasteiger partial charge in [0.05, 0.1) is 24.6 Å². The zero-order chi connectivity index (χ0) is 15.5. The van der Waals surface area contributed by atoms with Gasteiger partial charge >= 0.3 is 5.97 Å². The molecule has 6 nitrogen and oxygen atoms in total. The second-order valence-corrected chi connectivity index (χ2v) is 6.39. The van der Waals surface area contributed by atoms with E-state index in [0.717, 1.165) is 24.9 Å². The maximum absolute atomic E-state index is 12.0. The van der Waals surface area contributed by atoms with Gasteiger partial charge in [0.2, 0.25) is 0 Å². The average molecular weight is 321 g/mol. The number of carbonyl (C=O) groups excluding carboxylic acids is 1. The van der Waals surface area contributed by atoms with Crippen molar-refractivity contribution in [3.8, 4) is 0 Å². The molecule has 0 aliphatic carbocycles. The van der Waals surface area contributed by atoms with Crippen LogP contribution in [0.3, 0.4) is 0 Å². The van der Waals surface area contributed by atoms with E-state index in [1.165, 1.54) is 11.3 Å². The molecule has 0 saturated carbocycles. The number of hydrogen-bond acceptors (Lipinski definition) is 6. The van der Waals surface area contributed by atoms with Gasteiger partial charge in [0.25, 0.3) is 5.56 Å². The third kappa shape index (κ3) is 3.20. The van der Waals surface area contributed by atoms with Gasteiger partial charge in [0, 0.05) is 6.54 Å². The van der Waals surface area contributed by atoms with E-state index in [1.807, 2.05) is 18.4 Å². The first-order valence-corrected chi connectivity index (χ1v) is 8.40. The summed E-state index contributed by atoms with van der Waals surface area (Å²) in [6.45, 7) is 4.35. The van der Waals surface area contributed by atoms with E-state index in [-0.39, 0.29) is 17.4 Å². The summed E-state index contributed by atoms with van der Waals surface area (Å²) in [5.41, 5.74) is 0.650. The molecule has 1 fully saturated rings. The number of carbonyl (C=O) groups is 1. The lowest BCUT2D eigenvalue weighted by Gasteiger charge is -2.30. The fourth-order valence-corrected chi connectivity index (χ4v) is 3.59. The number of fused-ring (bicyclic) bond motifs is 1. The summed E-state index contributed by atoms with van der Waals surface area (Å²) in [6.07, 6.45) is 1.82. The van der Waals surface area contributed by atoms with Crippen molar-refractivity contribution in [3.05, 3.63) is 27.6 Å². The molecule has 1 atom stereocenters. The molecule has 0 radical (unpaired) electrons. The number of ether oxygens (including phenoxy) is 1. The van der Waals surface area contributed by atoms with E-state index in [0.29, 0.717) is 30.2 Å². The predicted molar refractivity (Wildman–Crippen MR) is 84.9 cm³/mol. The molecule has 0 amide bonds. The molecule has 0 unspecified atom stereocenters. The first-order chi connectivity index (χ1) is 10.7. The summed E-state index contributed by atoms with van der Waals surface area (Å²) >= 11 is 1.40. The molecule has 0 aromatic carbocycles. The van der Waals surface area contributed by atoms with Crippen molar-refractivity contribution in [2.24, 2.45) is 5.92 Å². The fourth-order valence-electron chi connectivity index (χ4n) is 2.86. The van der Waals surface area contributed by atoms with Gasteiger partial charge in [0.1, 0.15) is 10.5 Å². The first-order valence-electron chi connectivity index (χ1n) is 7.52. The maximum atomic E-state index is 12.0. The summed E-state index contributed by atoms with van der Waals surface area (Å²) in [5, 5.41) is 1.87. The van der Waals surface area contributed by atoms with Crippen LogP contribution in [0.5, 0.6) is 0 Å². The van der Waals surface area contributed by atoms with Crippen LogP contribution in [0.1, 0.15) is 25.6 Å². The van der Waals surface area contributed by atoms with Crippen LogP contribution < -0.4 is 5.56 Å². The fraction of sp³-hybridized carbons (Fsp3) is 0.533. The Labute approximate surface area is 132 Å². The zero-order valence-corrected chi connectivity index (χ0v) is 13.3. The van der Waals surface area contributed by atoms with E-state index in [2.05, 4.69) is 14.9 Å². The molecular formula is C15H19N3O3S. The Bertz CT molecular complexity index is 724. The summed E-state index contributed by atoms with van der Waals surface area (Å²) in [6, 6.07) is 1.86. The lowest BCUT2D eigenvalue weighted by atomic mass is 9.98. The minimum absolute atomic E-state index is 0.0784. The van der Waals surface area contributed by atoms with Crippen molar-refractivity contribution < 1.29 is 9.53 Å². The molecule has 1 N–H and O–H groups in total. The average Bonchev–Trinajstić information content (AvgIpc) is 2.97. The monoisotopic (exact) mass is 321 g/mol. The Kier molecular flexibility index (Phi) is 4.54. The number of nitrogens with one attached hydrogen (secondary N) is 1. The minimum Gasteiger partial charge on any atom is -0.466 e. The van der Waals surface area contributed by atoms with Crippen LogP contribution in [0.15, 0.2) is 16.2 Å². The van der Waals surface area contributed by atoms with Gasteiger partial charge in [-0.15, -0.1) is 11.3 Å². The normalized spacial score (nSPS) is 19.4. The zero-order valence-electron chi connectivity index (χ0n) is 12.5. The largest absolute Gasteiger partial charge is 0.466 e. The van der Waals surface area contributed by atoms with Gasteiger partial charge < -0.3 is 9.72 Å². The molecule has 2 aromatic heterocycles. The van der Waals surface area contributed by atoms with Gasteiger partial charge in [0.15, 0.2) is 0 Å². The van der Waals surface area contributed by atoms with Gasteiger partial charge in [-0.1, -0.05) is 0 Å². The Morgan fingerprint density at radius 2 is 2.45 bits per heavy atom. The van der Waals surface area contributed by atoms with Crippen molar-refractivity contribution >= 4 is 27.5 Å². The first kappa shape index (κ1) is 15.2. The molecule has 3 heterocycles. The standard InChI is InChI=1S/C15H19N3O3S/c1-2-21-15(20)10-4-3-6-18(8-10)9-12-16-11-5-7-22-13(11)14(19)17-12/h5,7,10H,2-4,6,8-9H2,1H3,(H,16,17,19)/t10-/m0/s1. The van der Waals surface area contributed by atoms with Crippen LogP contribution >= 0.6 is 11.3 Å². The molecule has 0 bridgehead atoms. The lowest BCUT2D eigenvalue weighted by Crippen LogP contribution is -2.39. The highest BCUT2D eigenvalue weighted by Gasteiger charge is 2.27. The third-order valence-electron chi connectivity index (χ3n) is 3.86. The van der Waals surface area contributed by atoms with Gasteiger partial charge in [-0.2, -0.15) is 0 Å². The van der Waals surface area contributed by atoms with Crippen molar-refractivity contribution in [1.82, 2.24) is 14.9 Å². The van der Waals surface area contributed by atoms with Crippen LogP contribution in [-0.4, -0.2) is 40.5 Å². The number of esters is 1. The Morgan fingerprint density at radius 1 is 1.59 bits per heavy atom. The molecule has 22 heavy (non-hydrogen) atoms. The molecule has 2 aromatic rings. The number of H-pyrrole nitrogens is 1. The highest BCUT2D eigenvalue weighted by atomic mass is 32.1. The number of hydrogen-bond donors (Lipinski definition) is 1. The van der Waals surface area contributed by atoms with Crippen LogP contribution in [0.25, 0.3) is 10.2 Å². The van der Waals surface area contributed by atoms with Crippen LogP contribution in [-0.2, 0) is 16.1 Å². The number of nitrogens with zero attached hydrogens (tertiary/aromatic N) is 2. The van der Waals surface area contributed by atoms with E-state index in [9.17, 15) is 9.59 Å². The van der Waals surface area contributed by atoms with Gasteiger partial charge in [-0.3, -0.25) is 14.5 Å². The van der Waals surface area contributed by atoms with Gasteiger partial charge in [-0.05, 0) is 37.8 Å². The second kappa shape index (κ2) is 6.58. The van der Waals surface area contributed by atoms with Crippen molar-refractivity contribution in [1.29, 1.82) is 0 Å². The van der Waals surface area contributed by atoms with Crippen molar-refractivity contribution in [2.45, 2.75) is 26.3 Å². The topological polar surface area (TPSA) is 75.3 Å². The van der Waals surface area contributed by atoms with Crippen molar-refractivity contribution in [2.75, 3.05) is 19.7 Å². The summed E-state index contributed by atoms with van der Waals surface area (Å²) in [5.74, 6) is 0.452. The summed E-state index contributed by atoms with van der Waals surface area (Å²) in [7, 11) is 0. The van der Waals surface area contributed by atoms with E-state index < -0.39 is 0 Å².